The number of ether oxygens (including phenoxy) is 1. The van der Waals surface area contributed by atoms with Crippen LogP contribution in [0, 0.1) is 0 Å². The first-order valence-electron chi connectivity index (χ1n) is 9.54. The molecule has 5 heteroatoms. The first-order chi connectivity index (χ1) is 13.3. The zero-order valence-electron chi connectivity index (χ0n) is 15.7. The number of hydrogen-bond donors (Lipinski definition) is 0. The van der Waals surface area contributed by atoms with Gasteiger partial charge in [0.1, 0.15) is 5.75 Å². The summed E-state index contributed by atoms with van der Waals surface area (Å²) in [4.78, 5) is 9.72. The highest BCUT2D eigenvalue weighted by Crippen LogP contribution is 2.31. The van der Waals surface area contributed by atoms with Crippen LogP contribution < -0.4 is 9.64 Å². The molecule has 4 nitrogen and oxygen atoms in total. The largest absolute Gasteiger partial charge is 0.494 e. The Kier molecular flexibility index (Phi) is 5.70. The molecule has 0 saturated carbocycles. The van der Waals surface area contributed by atoms with Crippen LogP contribution in [0.5, 0.6) is 5.75 Å². The molecule has 0 aliphatic carbocycles. The van der Waals surface area contributed by atoms with Gasteiger partial charge in [0, 0.05) is 32.7 Å². The quantitative estimate of drug-likeness (QED) is 0.629. The van der Waals surface area contributed by atoms with Gasteiger partial charge < -0.3 is 9.64 Å². The molecule has 2 heterocycles. The van der Waals surface area contributed by atoms with Gasteiger partial charge in [-0.25, -0.2) is 4.98 Å². The van der Waals surface area contributed by atoms with Crippen LogP contribution in [-0.2, 0) is 0 Å². The SMILES string of the molecule is CCOc1ccc2nc(N3CCN(C/C=C/c4ccccc4)CC3)sc2c1. The van der Waals surface area contributed by atoms with Gasteiger partial charge in [-0.3, -0.25) is 4.90 Å². The fourth-order valence-corrected chi connectivity index (χ4v) is 4.35. The van der Waals surface area contributed by atoms with Crippen LogP contribution in [-0.4, -0.2) is 49.2 Å². The van der Waals surface area contributed by atoms with E-state index >= 15 is 0 Å². The van der Waals surface area contributed by atoms with E-state index in [2.05, 4.69) is 64.4 Å². The Morgan fingerprint density at radius 1 is 1.07 bits per heavy atom. The van der Waals surface area contributed by atoms with E-state index in [0.29, 0.717) is 6.61 Å². The Balaban J connectivity index is 1.33. The van der Waals surface area contributed by atoms with Gasteiger partial charge in [0.05, 0.1) is 16.8 Å². The van der Waals surface area contributed by atoms with Crippen molar-refractivity contribution < 1.29 is 4.74 Å². The first-order valence-corrected chi connectivity index (χ1v) is 10.4. The molecule has 0 atom stereocenters. The monoisotopic (exact) mass is 379 g/mol. The smallest absolute Gasteiger partial charge is 0.186 e. The molecule has 140 valence electrons. The van der Waals surface area contributed by atoms with Gasteiger partial charge in [-0.05, 0) is 30.7 Å². The van der Waals surface area contributed by atoms with E-state index in [4.69, 9.17) is 9.72 Å². The zero-order valence-corrected chi connectivity index (χ0v) is 16.5. The summed E-state index contributed by atoms with van der Waals surface area (Å²) in [7, 11) is 0. The highest BCUT2D eigenvalue weighted by atomic mass is 32.1. The Bertz CT molecular complexity index is 898. The maximum atomic E-state index is 5.60. The Morgan fingerprint density at radius 2 is 1.89 bits per heavy atom. The molecule has 0 spiro atoms. The normalized spacial score (nSPS) is 15.7. The molecule has 2 aromatic carbocycles. The van der Waals surface area contributed by atoms with Crippen LogP contribution >= 0.6 is 11.3 Å². The second-order valence-electron chi connectivity index (χ2n) is 6.66. The molecule has 27 heavy (non-hydrogen) atoms. The van der Waals surface area contributed by atoms with E-state index in [9.17, 15) is 0 Å². The van der Waals surface area contributed by atoms with Gasteiger partial charge >= 0.3 is 0 Å². The molecule has 1 aliphatic rings. The number of fused-ring (bicyclic) bond motifs is 1. The van der Waals surface area contributed by atoms with Crippen molar-refractivity contribution in [3.05, 3.63) is 60.2 Å². The summed E-state index contributed by atoms with van der Waals surface area (Å²) in [6.07, 6.45) is 4.47. The van der Waals surface area contributed by atoms with Gasteiger partial charge in [-0.1, -0.05) is 53.8 Å². The van der Waals surface area contributed by atoms with E-state index < -0.39 is 0 Å². The lowest BCUT2D eigenvalue weighted by Crippen LogP contribution is -2.46. The molecule has 1 saturated heterocycles. The Hall–Kier alpha value is -2.37. The van der Waals surface area contributed by atoms with Crippen molar-refractivity contribution in [1.82, 2.24) is 9.88 Å². The number of benzene rings is 2. The molecule has 0 N–H and O–H groups in total. The van der Waals surface area contributed by atoms with E-state index in [1.165, 1.54) is 10.3 Å². The van der Waals surface area contributed by atoms with E-state index in [1.807, 2.05) is 13.0 Å². The Labute approximate surface area is 164 Å². The minimum atomic E-state index is 0.692. The van der Waals surface area contributed by atoms with Gasteiger partial charge in [-0.15, -0.1) is 0 Å². The van der Waals surface area contributed by atoms with Crippen molar-refractivity contribution in [3.63, 3.8) is 0 Å². The van der Waals surface area contributed by atoms with E-state index in [1.54, 1.807) is 11.3 Å². The molecular weight excluding hydrogens is 354 g/mol. The van der Waals surface area contributed by atoms with Crippen LogP contribution in [0.2, 0.25) is 0 Å². The van der Waals surface area contributed by atoms with Gasteiger partial charge in [0.15, 0.2) is 5.13 Å². The third-order valence-corrected chi connectivity index (χ3v) is 5.85. The average Bonchev–Trinajstić information content (AvgIpc) is 3.13. The van der Waals surface area contributed by atoms with Gasteiger partial charge in [0.2, 0.25) is 0 Å². The summed E-state index contributed by atoms with van der Waals surface area (Å²) in [6, 6.07) is 16.6. The van der Waals surface area contributed by atoms with Crippen molar-refractivity contribution in [2.45, 2.75) is 6.92 Å². The summed E-state index contributed by atoms with van der Waals surface area (Å²) in [5, 5.41) is 1.12. The second kappa shape index (κ2) is 8.55. The van der Waals surface area contributed by atoms with Crippen LogP contribution in [0.1, 0.15) is 12.5 Å². The lowest BCUT2D eigenvalue weighted by atomic mass is 10.2. The lowest BCUT2D eigenvalue weighted by molar-refractivity contribution is 0.284. The minimum Gasteiger partial charge on any atom is -0.494 e. The number of aromatic nitrogens is 1. The number of anilines is 1. The van der Waals surface area contributed by atoms with Crippen LogP contribution in [0.3, 0.4) is 0 Å². The van der Waals surface area contributed by atoms with Crippen LogP contribution in [0.15, 0.2) is 54.6 Å². The van der Waals surface area contributed by atoms with Crippen molar-refractivity contribution in [1.29, 1.82) is 0 Å². The fourth-order valence-electron chi connectivity index (χ4n) is 3.31. The highest BCUT2D eigenvalue weighted by molar-refractivity contribution is 7.22. The predicted molar refractivity (Wildman–Crippen MR) is 115 cm³/mol. The molecule has 0 amide bonds. The van der Waals surface area contributed by atoms with E-state index in [-0.39, 0.29) is 0 Å². The molecule has 1 aliphatic heterocycles. The highest BCUT2D eigenvalue weighted by Gasteiger charge is 2.19. The first kappa shape index (κ1) is 18.0. The molecule has 4 rings (SSSR count). The summed E-state index contributed by atoms with van der Waals surface area (Å²) in [5.74, 6) is 0.926. The van der Waals surface area contributed by atoms with Crippen molar-refractivity contribution in [3.8, 4) is 5.75 Å². The Morgan fingerprint density at radius 3 is 2.67 bits per heavy atom. The lowest BCUT2D eigenvalue weighted by Gasteiger charge is -2.33. The number of hydrogen-bond acceptors (Lipinski definition) is 5. The zero-order chi connectivity index (χ0) is 18.5. The van der Waals surface area contributed by atoms with Crippen molar-refractivity contribution in [2.75, 3.05) is 44.2 Å². The van der Waals surface area contributed by atoms with Crippen molar-refractivity contribution in [2.24, 2.45) is 0 Å². The maximum Gasteiger partial charge on any atom is 0.186 e. The molecule has 3 aromatic rings. The summed E-state index contributed by atoms with van der Waals surface area (Å²) in [5.41, 5.74) is 2.32. The fraction of sp³-hybridized carbons (Fsp3) is 0.318. The number of rotatable bonds is 6. The summed E-state index contributed by atoms with van der Waals surface area (Å²) >= 11 is 1.76. The molecule has 0 radical (unpaired) electrons. The summed E-state index contributed by atoms with van der Waals surface area (Å²) < 4.78 is 6.80. The number of nitrogens with zero attached hydrogens (tertiary/aromatic N) is 3. The average molecular weight is 380 g/mol. The maximum absolute atomic E-state index is 5.60. The molecule has 1 fully saturated rings. The van der Waals surface area contributed by atoms with Crippen molar-refractivity contribution >= 4 is 32.8 Å². The predicted octanol–water partition coefficient (Wildman–Crippen LogP) is 4.53. The number of thiazole rings is 1. The molecular formula is C22H25N3OS. The molecule has 0 unspecified atom stereocenters. The minimum absolute atomic E-state index is 0.692. The third-order valence-electron chi connectivity index (χ3n) is 4.78. The van der Waals surface area contributed by atoms with Crippen LogP contribution in [0.25, 0.3) is 16.3 Å². The molecule has 1 aromatic heterocycles. The standard InChI is InChI=1S/C22H25N3OS/c1-2-26-19-10-11-20-21(17-19)27-22(23-20)25-15-13-24(14-16-25)12-6-9-18-7-4-3-5-8-18/h3-11,17H,2,12-16H2,1H3/b9-6+. The van der Waals surface area contributed by atoms with Crippen LogP contribution in [0.4, 0.5) is 5.13 Å². The second-order valence-corrected chi connectivity index (χ2v) is 7.67. The van der Waals surface area contributed by atoms with Gasteiger partial charge in [-0.2, -0.15) is 0 Å². The molecule has 0 bridgehead atoms. The number of piperazine rings is 1. The van der Waals surface area contributed by atoms with Gasteiger partial charge in [0.25, 0.3) is 0 Å². The summed E-state index contributed by atoms with van der Waals surface area (Å²) in [6.45, 7) is 7.89. The van der Waals surface area contributed by atoms with E-state index in [0.717, 1.165) is 49.1 Å². The third kappa shape index (κ3) is 4.49. The topological polar surface area (TPSA) is 28.6 Å².